The van der Waals surface area contributed by atoms with Gasteiger partial charge in [0.25, 0.3) is 0 Å². The van der Waals surface area contributed by atoms with Gasteiger partial charge >= 0.3 is 0 Å². The predicted octanol–water partition coefficient (Wildman–Crippen LogP) is 1.68. The zero-order chi connectivity index (χ0) is 18.2. The van der Waals surface area contributed by atoms with Crippen LogP contribution in [0.5, 0.6) is 0 Å². The predicted molar refractivity (Wildman–Crippen MR) is 93.4 cm³/mol. The molecule has 0 aromatic heterocycles. The molecule has 1 N–H and O–H groups in total. The van der Waals surface area contributed by atoms with Gasteiger partial charge in [-0.15, -0.1) is 11.8 Å². The molecule has 6 nitrogen and oxygen atoms in total. The van der Waals surface area contributed by atoms with Crippen LogP contribution in [0, 0.1) is 5.82 Å². The van der Waals surface area contributed by atoms with Gasteiger partial charge in [0, 0.05) is 24.9 Å². The maximum Gasteiger partial charge on any atom is 0.246 e. The molecule has 2 atom stereocenters. The smallest absolute Gasteiger partial charge is 0.246 e. The zero-order valence-electron chi connectivity index (χ0n) is 14.1. The number of nitrogens with one attached hydrogen (secondary N) is 1. The molecule has 134 valence electrons. The van der Waals surface area contributed by atoms with E-state index in [1.807, 2.05) is 6.92 Å². The number of benzene rings is 1. The third kappa shape index (κ3) is 3.49. The molecule has 2 fully saturated rings. The fourth-order valence-corrected chi connectivity index (χ4v) is 4.71. The lowest BCUT2D eigenvalue weighted by Crippen LogP contribution is -2.51. The van der Waals surface area contributed by atoms with Gasteiger partial charge in [0.1, 0.15) is 11.9 Å². The minimum atomic E-state index is -0.520. The zero-order valence-corrected chi connectivity index (χ0v) is 14.9. The first-order valence-corrected chi connectivity index (χ1v) is 9.05. The van der Waals surface area contributed by atoms with Crippen molar-refractivity contribution in [3.63, 3.8) is 0 Å². The van der Waals surface area contributed by atoms with Crippen LogP contribution < -0.4 is 5.32 Å². The van der Waals surface area contributed by atoms with E-state index in [1.165, 1.54) is 29.2 Å². The molecule has 1 aromatic carbocycles. The third-order valence-corrected chi connectivity index (χ3v) is 6.12. The maximum atomic E-state index is 12.9. The lowest BCUT2D eigenvalue weighted by atomic mass is 10.2. The van der Waals surface area contributed by atoms with Gasteiger partial charge in [-0.3, -0.25) is 14.4 Å². The Bertz CT molecular complexity index is 712. The van der Waals surface area contributed by atoms with Gasteiger partial charge in [-0.25, -0.2) is 4.39 Å². The van der Waals surface area contributed by atoms with E-state index in [0.717, 1.165) is 6.42 Å². The Morgan fingerprint density at radius 3 is 2.76 bits per heavy atom. The van der Waals surface area contributed by atoms with Crippen molar-refractivity contribution in [2.45, 2.75) is 30.7 Å². The van der Waals surface area contributed by atoms with Gasteiger partial charge in [-0.05, 0) is 37.6 Å². The number of carbonyl (C=O) groups is 3. The number of amides is 3. The van der Waals surface area contributed by atoms with Crippen LogP contribution in [0.3, 0.4) is 0 Å². The second-order valence-electron chi connectivity index (χ2n) is 6.51. The summed E-state index contributed by atoms with van der Waals surface area (Å²) in [6, 6.07) is 4.89. The van der Waals surface area contributed by atoms with Crippen LogP contribution in [0.15, 0.2) is 24.3 Å². The molecule has 0 saturated carbocycles. The number of carbonyl (C=O) groups excluding carboxylic acids is 3. The Balaban J connectivity index is 1.60. The number of hydrogen-bond donors (Lipinski definition) is 1. The number of hydrogen-bond acceptors (Lipinski definition) is 4. The first-order valence-electron chi connectivity index (χ1n) is 8.07. The summed E-state index contributed by atoms with van der Waals surface area (Å²) in [5, 5.41) is 2.62. The van der Waals surface area contributed by atoms with Gasteiger partial charge in [0.2, 0.25) is 17.7 Å². The molecular weight excluding hydrogens is 345 g/mol. The molecule has 2 heterocycles. The average Bonchev–Trinajstić information content (AvgIpc) is 3.05. The Morgan fingerprint density at radius 1 is 1.40 bits per heavy atom. The molecule has 0 unspecified atom stereocenters. The fourth-order valence-electron chi connectivity index (χ4n) is 3.28. The van der Waals surface area contributed by atoms with Crippen molar-refractivity contribution >= 4 is 35.2 Å². The van der Waals surface area contributed by atoms with Crippen LogP contribution in [-0.4, -0.2) is 57.8 Å². The normalized spacial score (nSPS) is 25.0. The van der Waals surface area contributed by atoms with Crippen molar-refractivity contribution in [2.75, 3.05) is 24.7 Å². The minimum absolute atomic E-state index is 0.00462. The molecule has 0 aliphatic carbocycles. The number of nitrogens with zero attached hydrogens (tertiary/aromatic N) is 2. The standard InChI is InChI=1S/C17H20FN3O3S/c1-17-8-7-15(23)21(17)13(10-25-17)16(24)20(2)9-14(22)19-12-5-3-11(18)4-6-12/h3-6,13H,7-10H2,1-2H3,(H,19,22)/t13-,17+/m0/s1. The topological polar surface area (TPSA) is 69.7 Å². The molecule has 25 heavy (non-hydrogen) atoms. The molecule has 0 radical (unpaired) electrons. The molecule has 2 saturated heterocycles. The van der Waals surface area contributed by atoms with Crippen molar-refractivity contribution in [1.29, 1.82) is 0 Å². The van der Waals surface area contributed by atoms with Crippen LogP contribution in [0.1, 0.15) is 19.8 Å². The third-order valence-electron chi connectivity index (χ3n) is 4.61. The fraction of sp³-hybridized carbons (Fsp3) is 0.471. The Kier molecular flexibility index (Phi) is 4.73. The highest BCUT2D eigenvalue weighted by Crippen LogP contribution is 2.47. The Hall–Kier alpha value is -2.09. The molecular formula is C17H20FN3O3S. The van der Waals surface area contributed by atoms with E-state index in [0.29, 0.717) is 17.9 Å². The van der Waals surface area contributed by atoms with Crippen molar-refractivity contribution in [3.8, 4) is 0 Å². The number of thioether (sulfide) groups is 1. The summed E-state index contributed by atoms with van der Waals surface area (Å²) < 4.78 is 12.9. The quantitative estimate of drug-likeness (QED) is 0.881. The number of rotatable bonds is 4. The molecule has 0 bridgehead atoms. The summed E-state index contributed by atoms with van der Waals surface area (Å²) in [6.45, 7) is 1.85. The van der Waals surface area contributed by atoms with Crippen LogP contribution in [0.4, 0.5) is 10.1 Å². The summed E-state index contributed by atoms with van der Waals surface area (Å²) in [5.74, 6) is -0.452. The molecule has 3 rings (SSSR count). The van der Waals surface area contributed by atoms with Gasteiger partial charge in [0.05, 0.1) is 11.4 Å². The summed E-state index contributed by atoms with van der Waals surface area (Å²) in [7, 11) is 1.55. The summed E-state index contributed by atoms with van der Waals surface area (Å²) in [5.41, 5.74) is 0.464. The van der Waals surface area contributed by atoms with Crippen molar-refractivity contribution < 1.29 is 18.8 Å². The van der Waals surface area contributed by atoms with E-state index in [2.05, 4.69) is 5.32 Å². The Labute approximate surface area is 149 Å². The van der Waals surface area contributed by atoms with Crippen LogP contribution in [-0.2, 0) is 14.4 Å². The lowest BCUT2D eigenvalue weighted by Gasteiger charge is -2.31. The van der Waals surface area contributed by atoms with Gasteiger partial charge in [-0.2, -0.15) is 0 Å². The van der Waals surface area contributed by atoms with Crippen LogP contribution in [0.2, 0.25) is 0 Å². The van der Waals surface area contributed by atoms with Crippen LogP contribution >= 0.6 is 11.8 Å². The second kappa shape index (κ2) is 6.67. The molecule has 2 aliphatic heterocycles. The second-order valence-corrected chi connectivity index (χ2v) is 8.02. The maximum absolute atomic E-state index is 12.9. The average molecular weight is 365 g/mol. The number of halogens is 1. The lowest BCUT2D eigenvalue weighted by molar-refractivity contribution is -0.143. The summed E-state index contributed by atoms with van der Waals surface area (Å²) >= 11 is 1.62. The van der Waals surface area contributed by atoms with Crippen LogP contribution in [0.25, 0.3) is 0 Å². The molecule has 0 spiro atoms. The van der Waals surface area contributed by atoms with Gasteiger partial charge < -0.3 is 15.1 Å². The molecule has 3 amide bonds. The number of likely N-dealkylation sites (N-methyl/N-ethyl adjacent to an activating group) is 1. The first-order chi connectivity index (χ1) is 11.8. The molecule has 8 heteroatoms. The van der Waals surface area contributed by atoms with Gasteiger partial charge in [0.15, 0.2) is 0 Å². The summed E-state index contributed by atoms with van der Waals surface area (Å²) in [6.07, 6.45) is 1.21. The largest absolute Gasteiger partial charge is 0.335 e. The summed E-state index contributed by atoms with van der Waals surface area (Å²) in [4.78, 5) is 39.6. The van der Waals surface area contributed by atoms with Crippen molar-refractivity contribution in [3.05, 3.63) is 30.1 Å². The first kappa shape index (κ1) is 17.7. The van der Waals surface area contributed by atoms with Crippen molar-refractivity contribution in [2.24, 2.45) is 0 Å². The van der Waals surface area contributed by atoms with E-state index in [9.17, 15) is 18.8 Å². The van der Waals surface area contributed by atoms with E-state index >= 15 is 0 Å². The highest BCUT2D eigenvalue weighted by atomic mass is 32.2. The Morgan fingerprint density at radius 2 is 2.08 bits per heavy atom. The van der Waals surface area contributed by atoms with E-state index < -0.39 is 6.04 Å². The van der Waals surface area contributed by atoms with E-state index in [4.69, 9.17) is 0 Å². The number of anilines is 1. The molecule has 1 aromatic rings. The van der Waals surface area contributed by atoms with Gasteiger partial charge in [-0.1, -0.05) is 0 Å². The minimum Gasteiger partial charge on any atom is -0.335 e. The monoisotopic (exact) mass is 365 g/mol. The highest BCUT2D eigenvalue weighted by Gasteiger charge is 2.53. The SMILES string of the molecule is CN(CC(=O)Nc1ccc(F)cc1)C(=O)[C@@H]1CS[C@]2(C)CCC(=O)N12. The molecule has 2 aliphatic rings. The van der Waals surface area contributed by atoms with Crippen molar-refractivity contribution in [1.82, 2.24) is 9.80 Å². The highest BCUT2D eigenvalue weighted by molar-refractivity contribution is 8.01. The number of fused-ring (bicyclic) bond motifs is 1. The van der Waals surface area contributed by atoms with E-state index in [-0.39, 0.29) is 35.0 Å². The van der Waals surface area contributed by atoms with E-state index in [1.54, 1.807) is 23.7 Å².